The van der Waals surface area contributed by atoms with Gasteiger partial charge in [-0.1, -0.05) is 33.6 Å². The van der Waals surface area contributed by atoms with E-state index in [0.29, 0.717) is 5.92 Å². The quantitative estimate of drug-likeness (QED) is 0.690. The minimum absolute atomic E-state index is 0.324. The van der Waals surface area contributed by atoms with E-state index >= 15 is 0 Å². The van der Waals surface area contributed by atoms with E-state index < -0.39 is 0 Å². The minimum Gasteiger partial charge on any atom is -0.390 e. The highest BCUT2D eigenvalue weighted by atomic mass is 16.3. The molecule has 0 aromatic rings. The summed E-state index contributed by atoms with van der Waals surface area (Å²) >= 11 is 0. The minimum atomic E-state index is -0.324. The Kier molecular flexibility index (Phi) is 3.16. The van der Waals surface area contributed by atoms with Crippen molar-refractivity contribution in [1.29, 1.82) is 0 Å². The molecule has 0 amide bonds. The van der Waals surface area contributed by atoms with E-state index in [-0.39, 0.29) is 5.60 Å². The van der Waals surface area contributed by atoms with Gasteiger partial charge in [0.1, 0.15) is 0 Å². The molecule has 0 aliphatic heterocycles. The molecule has 3 atom stereocenters. The third-order valence-electron chi connectivity index (χ3n) is 3.73. The van der Waals surface area contributed by atoms with Crippen molar-refractivity contribution in [3.63, 3.8) is 0 Å². The van der Waals surface area contributed by atoms with Crippen LogP contribution < -0.4 is 0 Å². The average Bonchev–Trinajstić information content (AvgIpc) is 2.47. The largest absolute Gasteiger partial charge is 0.390 e. The molecule has 3 unspecified atom stereocenters. The predicted molar refractivity (Wildman–Crippen MR) is 52.0 cm³/mol. The van der Waals surface area contributed by atoms with Gasteiger partial charge in [0.05, 0.1) is 5.60 Å². The van der Waals surface area contributed by atoms with Crippen LogP contribution >= 0.6 is 0 Å². The van der Waals surface area contributed by atoms with E-state index in [4.69, 9.17) is 0 Å². The van der Waals surface area contributed by atoms with E-state index in [1.807, 2.05) is 0 Å². The maximum absolute atomic E-state index is 10.3. The van der Waals surface area contributed by atoms with Crippen LogP contribution in [0.2, 0.25) is 0 Å². The van der Waals surface area contributed by atoms with Crippen LogP contribution in [-0.4, -0.2) is 10.7 Å². The normalized spacial score (nSPS) is 38.5. The molecule has 1 aliphatic carbocycles. The maximum atomic E-state index is 10.3. The SMILES string of the molecule is CCC1CCC(O)(C(C)CC)C1. The lowest BCUT2D eigenvalue weighted by Gasteiger charge is -2.29. The number of rotatable bonds is 3. The number of hydrogen-bond acceptors (Lipinski definition) is 1. The zero-order chi connectivity index (χ0) is 9.19. The second-order valence-corrected chi connectivity index (χ2v) is 4.43. The molecular formula is C11H22O. The fourth-order valence-corrected chi connectivity index (χ4v) is 2.33. The average molecular weight is 170 g/mol. The van der Waals surface area contributed by atoms with Crippen LogP contribution in [-0.2, 0) is 0 Å². The summed E-state index contributed by atoms with van der Waals surface area (Å²) in [6, 6.07) is 0. The molecule has 0 aromatic heterocycles. The van der Waals surface area contributed by atoms with Crippen molar-refractivity contribution >= 4 is 0 Å². The molecule has 72 valence electrons. The van der Waals surface area contributed by atoms with Crippen LogP contribution in [0.3, 0.4) is 0 Å². The molecule has 1 heteroatoms. The molecule has 1 fully saturated rings. The van der Waals surface area contributed by atoms with E-state index in [2.05, 4.69) is 20.8 Å². The highest BCUT2D eigenvalue weighted by Crippen LogP contribution is 2.41. The number of aliphatic hydroxyl groups is 1. The zero-order valence-electron chi connectivity index (χ0n) is 8.64. The molecule has 1 rings (SSSR count). The molecule has 0 radical (unpaired) electrons. The van der Waals surface area contributed by atoms with Gasteiger partial charge in [0, 0.05) is 0 Å². The molecule has 12 heavy (non-hydrogen) atoms. The Morgan fingerprint density at radius 2 is 2.17 bits per heavy atom. The Labute approximate surface area is 76.2 Å². The third kappa shape index (κ3) is 1.82. The predicted octanol–water partition coefficient (Wildman–Crippen LogP) is 2.97. The molecule has 0 spiro atoms. The molecule has 0 bridgehead atoms. The summed E-state index contributed by atoms with van der Waals surface area (Å²) < 4.78 is 0. The van der Waals surface area contributed by atoms with Gasteiger partial charge >= 0.3 is 0 Å². The van der Waals surface area contributed by atoms with Gasteiger partial charge < -0.3 is 5.11 Å². The molecule has 1 aliphatic rings. The molecule has 1 N–H and O–H groups in total. The first-order chi connectivity index (χ1) is 5.62. The first kappa shape index (κ1) is 10.0. The monoisotopic (exact) mass is 170 g/mol. The molecule has 0 heterocycles. The third-order valence-corrected chi connectivity index (χ3v) is 3.73. The van der Waals surface area contributed by atoms with Crippen molar-refractivity contribution in [3.8, 4) is 0 Å². The first-order valence-corrected chi connectivity index (χ1v) is 5.34. The van der Waals surface area contributed by atoms with Gasteiger partial charge in [-0.3, -0.25) is 0 Å². The van der Waals surface area contributed by atoms with E-state index in [0.717, 1.165) is 25.2 Å². The van der Waals surface area contributed by atoms with Crippen LogP contribution in [0.1, 0.15) is 52.9 Å². The Balaban J connectivity index is 2.51. The van der Waals surface area contributed by atoms with Crippen molar-refractivity contribution in [3.05, 3.63) is 0 Å². The van der Waals surface area contributed by atoms with Crippen LogP contribution in [0.25, 0.3) is 0 Å². The van der Waals surface area contributed by atoms with Crippen molar-refractivity contribution < 1.29 is 5.11 Å². The zero-order valence-corrected chi connectivity index (χ0v) is 8.64. The van der Waals surface area contributed by atoms with Gasteiger partial charge in [-0.05, 0) is 31.1 Å². The van der Waals surface area contributed by atoms with E-state index in [9.17, 15) is 5.11 Å². The summed E-state index contributed by atoms with van der Waals surface area (Å²) in [5.41, 5.74) is -0.324. The second kappa shape index (κ2) is 3.78. The van der Waals surface area contributed by atoms with E-state index in [1.54, 1.807) is 0 Å². The maximum Gasteiger partial charge on any atom is 0.0675 e. The highest BCUT2D eigenvalue weighted by Gasteiger charge is 2.39. The smallest absolute Gasteiger partial charge is 0.0675 e. The fraction of sp³-hybridized carbons (Fsp3) is 1.00. The van der Waals surface area contributed by atoms with Gasteiger partial charge in [0.15, 0.2) is 0 Å². The Morgan fingerprint density at radius 1 is 1.50 bits per heavy atom. The van der Waals surface area contributed by atoms with Gasteiger partial charge in [-0.2, -0.15) is 0 Å². The summed E-state index contributed by atoms with van der Waals surface area (Å²) in [5, 5.41) is 10.3. The van der Waals surface area contributed by atoms with Gasteiger partial charge in [0.25, 0.3) is 0 Å². The van der Waals surface area contributed by atoms with Crippen molar-refractivity contribution in [1.82, 2.24) is 0 Å². The van der Waals surface area contributed by atoms with Crippen LogP contribution in [0.5, 0.6) is 0 Å². The summed E-state index contributed by atoms with van der Waals surface area (Å²) in [5.74, 6) is 1.26. The topological polar surface area (TPSA) is 20.2 Å². The van der Waals surface area contributed by atoms with Crippen molar-refractivity contribution in [2.24, 2.45) is 11.8 Å². The second-order valence-electron chi connectivity index (χ2n) is 4.43. The van der Waals surface area contributed by atoms with Crippen molar-refractivity contribution in [2.45, 2.75) is 58.5 Å². The number of hydrogen-bond donors (Lipinski definition) is 1. The fourth-order valence-electron chi connectivity index (χ4n) is 2.33. The van der Waals surface area contributed by atoms with Crippen LogP contribution in [0.15, 0.2) is 0 Å². The van der Waals surface area contributed by atoms with Crippen molar-refractivity contribution in [2.75, 3.05) is 0 Å². The van der Waals surface area contributed by atoms with Gasteiger partial charge in [0.2, 0.25) is 0 Å². The highest BCUT2D eigenvalue weighted by molar-refractivity contribution is 4.91. The summed E-state index contributed by atoms with van der Waals surface area (Å²) in [4.78, 5) is 0. The lowest BCUT2D eigenvalue weighted by Crippen LogP contribution is -2.33. The summed E-state index contributed by atoms with van der Waals surface area (Å²) in [6.45, 7) is 6.58. The molecular weight excluding hydrogens is 148 g/mol. The Hall–Kier alpha value is -0.0400. The van der Waals surface area contributed by atoms with Crippen LogP contribution in [0.4, 0.5) is 0 Å². The Bertz CT molecular complexity index is 144. The lowest BCUT2D eigenvalue weighted by atomic mass is 9.84. The Morgan fingerprint density at radius 3 is 2.58 bits per heavy atom. The first-order valence-electron chi connectivity index (χ1n) is 5.34. The van der Waals surface area contributed by atoms with Crippen LogP contribution in [0, 0.1) is 11.8 Å². The van der Waals surface area contributed by atoms with Gasteiger partial charge in [-0.15, -0.1) is 0 Å². The van der Waals surface area contributed by atoms with Gasteiger partial charge in [-0.25, -0.2) is 0 Å². The molecule has 0 saturated heterocycles. The van der Waals surface area contributed by atoms with E-state index in [1.165, 1.54) is 12.8 Å². The standard InChI is InChI=1S/C11H22O/c1-4-9(3)11(12)7-6-10(5-2)8-11/h9-10,12H,4-8H2,1-3H3. The summed E-state index contributed by atoms with van der Waals surface area (Å²) in [7, 11) is 0. The molecule has 0 aromatic carbocycles. The summed E-state index contributed by atoms with van der Waals surface area (Å²) in [6.07, 6.45) is 5.64. The molecule has 1 saturated carbocycles. The molecule has 1 nitrogen and oxygen atoms in total. The lowest BCUT2D eigenvalue weighted by molar-refractivity contribution is -0.0103.